The maximum Gasteiger partial charge on any atom is 0.203 e. The predicted octanol–water partition coefficient (Wildman–Crippen LogP) is 2.36. The SMILES string of the molecule is CCCNc1nccn1C(C)CN1CCCC1. The smallest absolute Gasteiger partial charge is 0.203 e. The van der Waals surface area contributed by atoms with Crippen LogP contribution < -0.4 is 5.32 Å². The van der Waals surface area contributed by atoms with Crippen LogP contribution in [0.1, 0.15) is 39.2 Å². The molecule has 0 aromatic carbocycles. The van der Waals surface area contributed by atoms with Gasteiger partial charge in [0.1, 0.15) is 0 Å². The fourth-order valence-corrected chi connectivity index (χ4v) is 2.47. The lowest BCUT2D eigenvalue weighted by Crippen LogP contribution is -2.27. The monoisotopic (exact) mass is 236 g/mol. The van der Waals surface area contributed by atoms with E-state index in [2.05, 4.69) is 39.8 Å². The zero-order valence-electron chi connectivity index (χ0n) is 11.0. The van der Waals surface area contributed by atoms with Crippen molar-refractivity contribution in [3.8, 4) is 0 Å². The van der Waals surface area contributed by atoms with Crippen LogP contribution in [-0.2, 0) is 0 Å². The second-order valence-electron chi connectivity index (χ2n) is 4.94. The summed E-state index contributed by atoms with van der Waals surface area (Å²) in [6, 6.07) is 0.495. The van der Waals surface area contributed by atoms with Gasteiger partial charge in [-0.1, -0.05) is 6.92 Å². The maximum atomic E-state index is 4.38. The number of nitrogens with zero attached hydrogens (tertiary/aromatic N) is 3. The van der Waals surface area contributed by atoms with E-state index in [9.17, 15) is 0 Å². The molecule has 1 aromatic rings. The first kappa shape index (κ1) is 12.4. The van der Waals surface area contributed by atoms with Crippen LogP contribution in [0.25, 0.3) is 0 Å². The van der Waals surface area contributed by atoms with Gasteiger partial charge in [0, 0.05) is 31.5 Å². The maximum absolute atomic E-state index is 4.38. The number of likely N-dealkylation sites (tertiary alicyclic amines) is 1. The molecule has 4 heteroatoms. The summed E-state index contributed by atoms with van der Waals surface area (Å²) in [6.45, 7) is 9.10. The molecule has 17 heavy (non-hydrogen) atoms. The molecule has 1 unspecified atom stereocenters. The number of rotatable bonds is 6. The van der Waals surface area contributed by atoms with Crippen LogP contribution in [0.15, 0.2) is 12.4 Å². The van der Waals surface area contributed by atoms with Crippen LogP contribution >= 0.6 is 0 Å². The van der Waals surface area contributed by atoms with Gasteiger partial charge in [-0.15, -0.1) is 0 Å². The average molecular weight is 236 g/mol. The summed E-state index contributed by atoms with van der Waals surface area (Å²) in [7, 11) is 0. The highest BCUT2D eigenvalue weighted by Gasteiger charge is 2.16. The van der Waals surface area contributed by atoms with Crippen molar-refractivity contribution in [1.29, 1.82) is 0 Å². The second-order valence-corrected chi connectivity index (χ2v) is 4.94. The van der Waals surface area contributed by atoms with E-state index in [0.29, 0.717) is 6.04 Å². The molecule has 0 aliphatic carbocycles. The van der Waals surface area contributed by atoms with Crippen molar-refractivity contribution in [2.24, 2.45) is 0 Å². The van der Waals surface area contributed by atoms with Gasteiger partial charge >= 0.3 is 0 Å². The standard InChI is InChI=1S/C13H24N4/c1-3-6-14-13-15-7-10-17(13)12(2)11-16-8-4-5-9-16/h7,10,12H,3-6,8-9,11H2,1-2H3,(H,14,15). The summed E-state index contributed by atoms with van der Waals surface area (Å²) < 4.78 is 2.26. The normalized spacial score (nSPS) is 18.5. The third-order valence-corrected chi connectivity index (χ3v) is 3.40. The molecule has 2 heterocycles. The molecule has 1 aromatic heterocycles. The summed E-state index contributed by atoms with van der Waals surface area (Å²) in [6.07, 6.45) is 7.82. The van der Waals surface area contributed by atoms with Gasteiger partial charge in [-0.05, 0) is 39.3 Å². The lowest BCUT2D eigenvalue weighted by atomic mass is 10.3. The van der Waals surface area contributed by atoms with E-state index in [1.165, 1.54) is 25.9 Å². The minimum absolute atomic E-state index is 0.495. The van der Waals surface area contributed by atoms with Gasteiger partial charge in [0.2, 0.25) is 5.95 Å². The van der Waals surface area contributed by atoms with Gasteiger partial charge < -0.3 is 14.8 Å². The minimum atomic E-state index is 0.495. The zero-order valence-corrected chi connectivity index (χ0v) is 11.0. The third kappa shape index (κ3) is 3.22. The van der Waals surface area contributed by atoms with E-state index in [1.54, 1.807) is 0 Å². The van der Waals surface area contributed by atoms with E-state index in [4.69, 9.17) is 0 Å². The largest absolute Gasteiger partial charge is 0.356 e. The highest BCUT2D eigenvalue weighted by Crippen LogP contribution is 2.17. The van der Waals surface area contributed by atoms with Gasteiger partial charge in [-0.3, -0.25) is 0 Å². The summed E-state index contributed by atoms with van der Waals surface area (Å²) in [5.41, 5.74) is 0. The van der Waals surface area contributed by atoms with Crippen LogP contribution in [0.3, 0.4) is 0 Å². The first-order valence-corrected chi connectivity index (χ1v) is 6.80. The van der Waals surface area contributed by atoms with Crippen LogP contribution in [0.4, 0.5) is 5.95 Å². The molecule has 0 saturated carbocycles. The van der Waals surface area contributed by atoms with Gasteiger partial charge in [-0.25, -0.2) is 4.98 Å². The molecule has 1 aliphatic rings. The Balaban J connectivity index is 1.92. The Bertz CT molecular complexity index is 328. The Morgan fingerprint density at radius 2 is 2.18 bits per heavy atom. The van der Waals surface area contributed by atoms with Crippen LogP contribution in [0.2, 0.25) is 0 Å². The van der Waals surface area contributed by atoms with E-state index in [0.717, 1.165) is 25.5 Å². The topological polar surface area (TPSA) is 33.1 Å². The first-order valence-electron chi connectivity index (χ1n) is 6.80. The third-order valence-electron chi connectivity index (χ3n) is 3.40. The number of nitrogens with one attached hydrogen (secondary N) is 1. The Kier molecular flexibility index (Phi) is 4.42. The van der Waals surface area contributed by atoms with Crippen molar-refractivity contribution in [3.63, 3.8) is 0 Å². The fraction of sp³-hybridized carbons (Fsp3) is 0.769. The van der Waals surface area contributed by atoms with Crippen molar-refractivity contribution in [1.82, 2.24) is 14.5 Å². The van der Waals surface area contributed by atoms with Crippen LogP contribution in [0.5, 0.6) is 0 Å². The number of hydrogen-bond donors (Lipinski definition) is 1. The number of imidazole rings is 1. The Morgan fingerprint density at radius 1 is 1.41 bits per heavy atom. The molecule has 1 atom stereocenters. The van der Waals surface area contributed by atoms with E-state index in [1.807, 2.05) is 6.20 Å². The Morgan fingerprint density at radius 3 is 2.88 bits per heavy atom. The van der Waals surface area contributed by atoms with Crippen molar-refractivity contribution >= 4 is 5.95 Å². The van der Waals surface area contributed by atoms with Crippen LogP contribution in [0, 0.1) is 0 Å². The van der Waals surface area contributed by atoms with Crippen molar-refractivity contribution in [2.45, 2.75) is 39.2 Å². The molecule has 4 nitrogen and oxygen atoms in total. The molecule has 1 aliphatic heterocycles. The fourth-order valence-electron chi connectivity index (χ4n) is 2.47. The molecular formula is C13H24N4. The summed E-state index contributed by atoms with van der Waals surface area (Å²) in [5, 5.41) is 3.38. The quantitative estimate of drug-likeness (QED) is 0.823. The number of hydrogen-bond acceptors (Lipinski definition) is 3. The second kappa shape index (κ2) is 6.05. The van der Waals surface area contributed by atoms with Crippen molar-refractivity contribution in [2.75, 3.05) is 31.5 Å². The molecule has 1 fully saturated rings. The highest BCUT2D eigenvalue weighted by molar-refractivity contribution is 5.26. The number of aromatic nitrogens is 2. The predicted molar refractivity (Wildman–Crippen MR) is 71.4 cm³/mol. The summed E-state index contributed by atoms with van der Waals surface area (Å²) in [5.74, 6) is 1.01. The highest BCUT2D eigenvalue weighted by atomic mass is 15.2. The zero-order chi connectivity index (χ0) is 12.1. The van der Waals surface area contributed by atoms with Gasteiger partial charge in [-0.2, -0.15) is 0 Å². The lowest BCUT2D eigenvalue weighted by Gasteiger charge is -2.22. The van der Waals surface area contributed by atoms with E-state index in [-0.39, 0.29) is 0 Å². The molecule has 0 spiro atoms. The van der Waals surface area contributed by atoms with Gasteiger partial charge in [0.15, 0.2) is 0 Å². The summed E-state index contributed by atoms with van der Waals surface area (Å²) in [4.78, 5) is 6.93. The van der Waals surface area contributed by atoms with Gasteiger partial charge in [0.05, 0.1) is 0 Å². The number of anilines is 1. The van der Waals surface area contributed by atoms with E-state index >= 15 is 0 Å². The van der Waals surface area contributed by atoms with Crippen molar-refractivity contribution < 1.29 is 0 Å². The molecule has 1 saturated heterocycles. The molecule has 0 radical (unpaired) electrons. The molecule has 0 bridgehead atoms. The summed E-state index contributed by atoms with van der Waals surface area (Å²) >= 11 is 0. The van der Waals surface area contributed by atoms with E-state index < -0.39 is 0 Å². The average Bonchev–Trinajstić information content (AvgIpc) is 2.96. The van der Waals surface area contributed by atoms with Crippen molar-refractivity contribution in [3.05, 3.63) is 12.4 Å². The minimum Gasteiger partial charge on any atom is -0.356 e. The first-order chi connectivity index (χ1) is 8.31. The van der Waals surface area contributed by atoms with Gasteiger partial charge in [0.25, 0.3) is 0 Å². The molecular weight excluding hydrogens is 212 g/mol. The Labute approximate surface area is 104 Å². The molecule has 96 valence electrons. The lowest BCUT2D eigenvalue weighted by molar-refractivity contribution is 0.289. The molecule has 2 rings (SSSR count). The molecule has 1 N–H and O–H groups in total. The Hall–Kier alpha value is -1.03. The van der Waals surface area contributed by atoms with Crippen LogP contribution in [-0.4, -0.2) is 40.6 Å². The molecule has 0 amide bonds.